The number of nitrogens with one attached hydrogen (secondary N) is 1. The molecule has 0 fully saturated rings. The SMILES string of the molecule is CCN[C@H](C)c1ccc(Cl)nc1. The molecule has 0 amide bonds. The summed E-state index contributed by atoms with van der Waals surface area (Å²) < 4.78 is 0. The quantitative estimate of drug-likeness (QED) is 0.730. The summed E-state index contributed by atoms with van der Waals surface area (Å²) in [6.45, 7) is 5.15. The minimum absolute atomic E-state index is 0.347. The summed E-state index contributed by atoms with van der Waals surface area (Å²) >= 11 is 5.66. The molecule has 1 N–H and O–H groups in total. The third-order valence-electron chi connectivity index (χ3n) is 1.76. The molecule has 0 aliphatic rings. The summed E-state index contributed by atoms with van der Waals surface area (Å²) in [5.41, 5.74) is 1.17. The Morgan fingerprint density at radius 1 is 1.58 bits per heavy atom. The van der Waals surface area contributed by atoms with Gasteiger partial charge < -0.3 is 5.32 Å². The maximum atomic E-state index is 5.66. The molecule has 0 aromatic carbocycles. The lowest BCUT2D eigenvalue weighted by Gasteiger charge is -2.11. The second kappa shape index (κ2) is 4.43. The van der Waals surface area contributed by atoms with Crippen molar-refractivity contribution in [1.29, 1.82) is 0 Å². The van der Waals surface area contributed by atoms with Gasteiger partial charge in [0.1, 0.15) is 5.15 Å². The Morgan fingerprint density at radius 3 is 2.83 bits per heavy atom. The average Bonchev–Trinajstić information content (AvgIpc) is 2.06. The van der Waals surface area contributed by atoms with E-state index < -0.39 is 0 Å². The van der Waals surface area contributed by atoms with Crippen LogP contribution >= 0.6 is 11.6 Å². The topological polar surface area (TPSA) is 24.9 Å². The van der Waals surface area contributed by atoms with E-state index in [1.54, 1.807) is 6.20 Å². The fourth-order valence-corrected chi connectivity index (χ4v) is 1.18. The predicted octanol–water partition coefficient (Wildman–Crippen LogP) is 2.41. The van der Waals surface area contributed by atoms with Crippen LogP contribution in [0.3, 0.4) is 0 Å². The first-order valence-electron chi connectivity index (χ1n) is 4.09. The summed E-state index contributed by atoms with van der Waals surface area (Å²) in [5.74, 6) is 0. The lowest BCUT2D eigenvalue weighted by molar-refractivity contribution is 0.596. The molecule has 0 bridgehead atoms. The van der Waals surface area contributed by atoms with E-state index >= 15 is 0 Å². The van der Waals surface area contributed by atoms with Crippen LogP contribution in [0, 0.1) is 0 Å². The van der Waals surface area contributed by atoms with Crippen molar-refractivity contribution in [3.63, 3.8) is 0 Å². The van der Waals surface area contributed by atoms with E-state index in [1.807, 2.05) is 12.1 Å². The smallest absolute Gasteiger partial charge is 0.129 e. The van der Waals surface area contributed by atoms with E-state index in [2.05, 4.69) is 24.1 Å². The standard InChI is InChI=1S/C9H13ClN2/c1-3-11-7(2)8-4-5-9(10)12-6-8/h4-7,11H,3H2,1-2H3/t7-/m1/s1. The molecule has 2 nitrogen and oxygen atoms in total. The zero-order valence-corrected chi connectivity index (χ0v) is 8.10. The van der Waals surface area contributed by atoms with Gasteiger partial charge >= 0.3 is 0 Å². The molecular weight excluding hydrogens is 172 g/mol. The summed E-state index contributed by atoms with van der Waals surface area (Å²) in [6, 6.07) is 4.15. The molecule has 1 atom stereocenters. The number of nitrogens with zero attached hydrogens (tertiary/aromatic N) is 1. The van der Waals surface area contributed by atoms with E-state index in [0.717, 1.165) is 6.54 Å². The second-order valence-electron chi connectivity index (χ2n) is 2.69. The maximum Gasteiger partial charge on any atom is 0.129 e. The minimum atomic E-state index is 0.347. The van der Waals surface area contributed by atoms with Crippen molar-refractivity contribution in [2.75, 3.05) is 6.54 Å². The van der Waals surface area contributed by atoms with Crippen LogP contribution in [0.15, 0.2) is 18.3 Å². The van der Waals surface area contributed by atoms with E-state index in [-0.39, 0.29) is 0 Å². The molecule has 66 valence electrons. The van der Waals surface area contributed by atoms with Crippen LogP contribution in [-0.4, -0.2) is 11.5 Å². The largest absolute Gasteiger partial charge is 0.310 e. The third kappa shape index (κ3) is 2.47. The van der Waals surface area contributed by atoms with Crippen LogP contribution in [0.25, 0.3) is 0 Å². The van der Waals surface area contributed by atoms with Gasteiger partial charge in [-0.2, -0.15) is 0 Å². The molecule has 0 saturated carbocycles. The van der Waals surface area contributed by atoms with E-state index in [4.69, 9.17) is 11.6 Å². The molecule has 1 aromatic rings. The molecule has 0 spiro atoms. The third-order valence-corrected chi connectivity index (χ3v) is 1.98. The first kappa shape index (κ1) is 9.49. The van der Waals surface area contributed by atoms with E-state index in [0.29, 0.717) is 11.2 Å². The number of pyridine rings is 1. The molecule has 0 aliphatic carbocycles. The van der Waals surface area contributed by atoms with Gasteiger partial charge in [-0.3, -0.25) is 0 Å². The number of hydrogen-bond donors (Lipinski definition) is 1. The van der Waals surface area contributed by atoms with Crippen LogP contribution in [0.5, 0.6) is 0 Å². The fraction of sp³-hybridized carbons (Fsp3) is 0.444. The highest BCUT2D eigenvalue weighted by molar-refractivity contribution is 6.29. The van der Waals surface area contributed by atoms with Crippen molar-refractivity contribution in [1.82, 2.24) is 10.3 Å². The molecule has 3 heteroatoms. The van der Waals surface area contributed by atoms with Crippen molar-refractivity contribution < 1.29 is 0 Å². The Morgan fingerprint density at radius 2 is 2.33 bits per heavy atom. The first-order chi connectivity index (χ1) is 5.74. The molecular formula is C9H13ClN2. The Kier molecular flexibility index (Phi) is 3.50. The highest BCUT2D eigenvalue weighted by Gasteiger charge is 2.02. The summed E-state index contributed by atoms with van der Waals surface area (Å²) in [6.07, 6.45) is 1.80. The van der Waals surface area contributed by atoms with Gasteiger partial charge in [-0.1, -0.05) is 24.6 Å². The van der Waals surface area contributed by atoms with Crippen LogP contribution in [0.2, 0.25) is 5.15 Å². The predicted molar refractivity (Wildman–Crippen MR) is 51.3 cm³/mol. The maximum absolute atomic E-state index is 5.66. The molecule has 1 heterocycles. The molecule has 12 heavy (non-hydrogen) atoms. The fourth-order valence-electron chi connectivity index (χ4n) is 1.07. The summed E-state index contributed by atoms with van der Waals surface area (Å²) in [5, 5.41) is 3.84. The van der Waals surface area contributed by atoms with Gasteiger partial charge in [-0.05, 0) is 25.1 Å². The molecule has 0 unspecified atom stereocenters. The molecule has 0 radical (unpaired) electrons. The van der Waals surface area contributed by atoms with Crippen molar-refractivity contribution in [2.24, 2.45) is 0 Å². The Balaban J connectivity index is 2.68. The minimum Gasteiger partial charge on any atom is -0.310 e. The average molecular weight is 185 g/mol. The van der Waals surface area contributed by atoms with Gasteiger partial charge in [0.05, 0.1) is 0 Å². The van der Waals surface area contributed by atoms with Crippen molar-refractivity contribution in [3.8, 4) is 0 Å². The number of halogens is 1. The summed E-state index contributed by atoms with van der Waals surface area (Å²) in [7, 11) is 0. The van der Waals surface area contributed by atoms with Crippen LogP contribution in [-0.2, 0) is 0 Å². The Hall–Kier alpha value is -0.600. The van der Waals surface area contributed by atoms with E-state index in [9.17, 15) is 0 Å². The zero-order valence-electron chi connectivity index (χ0n) is 7.34. The van der Waals surface area contributed by atoms with Gasteiger partial charge in [0.2, 0.25) is 0 Å². The number of aromatic nitrogens is 1. The van der Waals surface area contributed by atoms with Gasteiger partial charge in [0, 0.05) is 12.2 Å². The van der Waals surface area contributed by atoms with Crippen LogP contribution in [0.1, 0.15) is 25.5 Å². The van der Waals surface area contributed by atoms with Gasteiger partial charge in [0.25, 0.3) is 0 Å². The highest BCUT2D eigenvalue weighted by Crippen LogP contribution is 2.12. The number of hydrogen-bond acceptors (Lipinski definition) is 2. The monoisotopic (exact) mass is 184 g/mol. The normalized spacial score (nSPS) is 12.9. The summed E-state index contributed by atoms with van der Waals surface area (Å²) in [4.78, 5) is 4.01. The number of rotatable bonds is 3. The van der Waals surface area contributed by atoms with Crippen molar-refractivity contribution in [3.05, 3.63) is 29.0 Å². The first-order valence-corrected chi connectivity index (χ1v) is 4.46. The van der Waals surface area contributed by atoms with Gasteiger partial charge in [-0.15, -0.1) is 0 Å². The highest BCUT2D eigenvalue weighted by atomic mass is 35.5. The molecule has 0 saturated heterocycles. The lowest BCUT2D eigenvalue weighted by atomic mass is 10.1. The van der Waals surface area contributed by atoms with Crippen LogP contribution in [0.4, 0.5) is 0 Å². The van der Waals surface area contributed by atoms with Crippen LogP contribution < -0.4 is 5.32 Å². The van der Waals surface area contributed by atoms with Gasteiger partial charge in [-0.25, -0.2) is 4.98 Å². The Labute approximate surface area is 78.0 Å². The molecule has 1 aromatic heterocycles. The van der Waals surface area contributed by atoms with Crippen molar-refractivity contribution in [2.45, 2.75) is 19.9 Å². The molecule has 1 rings (SSSR count). The Bertz CT molecular complexity index is 233. The van der Waals surface area contributed by atoms with E-state index in [1.165, 1.54) is 5.56 Å². The van der Waals surface area contributed by atoms with Crippen molar-refractivity contribution >= 4 is 11.6 Å². The second-order valence-corrected chi connectivity index (χ2v) is 3.08. The van der Waals surface area contributed by atoms with Gasteiger partial charge in [0.15, 0.2) is 0 Å². The zero-order chi connectivity index (χ0) is 8.97. The lowest BCUT2D eigenvalue weighted by Crippen LogP contribution is -2.17. The molecule has 0 aliphatic heterocycles.